The fourth-order valence-electron chi connectivity index (χ4n) is 5.51. The van der Waals surface area contributed by atoms with Crippen molar-refractivity contribution >= 4 is 46.5 Å². The molecule has 2 saturated heterocycles. The zero-order valence-corrected chi connectivity index (χ0v) is 25.2. The number of nitrogens with zero attached hydrogens (tertiary/aromatic N) is 3. The summed E-state index contributed by atoms with van der Waals surface area (Å²) in [4.78, 5) is 57.8. The van der Waals surface area contributed by atoms with Crippen LogP contribution < -0.4 is 25.0 Å². The van der Waals surface area contributed by atoms with Crippen LogP contribution >= 0.6 is 11.3 Å². The molecular formula is C31H33N5O8S. The van der Waals surface area contributed by atoms with E-state index in [1.165, 1.54) is 11.3 Å². The molecule has 14 heteroatoms. The molecule has 45 heavy (non-hydrogen) atoms. The number of rotatable bonds is 8. The minimum absolute atomic E-state index is 0.0111. The molecule has 2 aromatic carbocycles. The number of anilines is 2. The monoisotopic (exact) mass is 635 g/mol. The van der Waals surface area contributed by atoms with E-state index in [0.29, 0.717) is 80.9 Å². The van der Waals surface area contributed by atoms with Crippen molar-refractivity contribution in [1.29, 1.82) is 0 Å². The van der Waals surface area contributed by atoms with Crippen LogP contribution in [0.15, 0.2) is 53.9 Å². The predicted octanol–water partition coefficient (Wildman–Crippen LogP) is 3.25. The third-order valence-corrected chi connectivity index (χ3v) is 8.87. The average molecular weight is 636 g/mol. The first kappa shape index (κ1) is 30.2. The molecule has 0 aliphatic carbocycles. The number of carboxylic acids is 1. The molecule has 3 aromatic rings. The standard InChI is InChI=1S/C31H33N5O8S/c37-28(38)18-23(27-2-1-15-45-27)33-29(39)20-3-5-24(34-7-9-35(10-8-34)31(41)36-11-13-42-14-12-36)22(16-20)32-30(40)21-4-6-25-26(17-21)44-19-43-25/h1-6,15-17,23H,7-14,18-19H2,(H,32,40)(H,33,39)(H,37,38). The summed E-state index contributed by atoms with van der Waals surface area (Å²) < 4.78 is 16.2. The van der Waals surface area contributed by atoms with E-state index >= 15 is 0 Å². The molecule has 236 valence electrons. The summed E-state index contributed by atoms with van der Waals surface area (Å²) in [5.41, 5.74) is 1.71. The van der Waals surface area contributed by atoms with Gasteiger partial charge in [0.25, 0.3) is 11.8 Å². The summed E-state index contributed by atoms with van der Waals surface area (Å²) in [6.45, 7) is 4.30. The van der Waals surface area contributed by atoms with E-state index < -0.39 is 23.8 Å². The molecule has 2 fully saturated rings. The first-order chi connectivity index (χ1) is 21.9. The highest BCUT2D eigenvalue weighted by molar-refractivity contribution is 7.10. The molecule has 4 heterocycles. The number of benzene rings is 2. The second-order valence-electron chi connectivity index (χ2n) is 10.7. The lowest BCUT2D eigenvalue weighted by molar-refractivity contribution is -0.137. The van der Waals surface area contributed by atoms with Crippen LogP contribution in [0.4, 0.5) is 16.2 Å². The number of carbonyl (C=O) groups is 4. The van der Waals surface area contributed by atoms with Gasteiger partial charge in [0.1, 0.15) is 0 Å². The van der Waals surface area contributed by atoms with Crippen molar-refractivity contribution in [3.8, 4) is 11.5 Å². The second kappa shape index (κ2) is 13.4. The van der Waals surface area contributed by atoms with Gasteiger partial charge < -0.3 is 44.7 Å². The number of ether oxygens (including phenoxy) is 3. The fourth-order valence-corrected chi connectivity index (χ4v) is 6.29. The van der Waals surface area contributed by atoms with Gasteiger partial charge in [0.05, 0.1) is 37.1 Å². The molecule has 0 bridgehead atoms. The minimum atomic E-state index is -1.04. The number of aliphatic carboxylic acids is 1. The Morgan fingerprint density at radius 3 is 2.29 bits per heavy atom. The smallest absolute Gasteiger partial charge is 0.320 e. The van der Waals surface area contributed by atoms with Crippen LogP contribution in [0.5, 0.6) is 11.5 Å². The lowest BCUT2D eigenvalue weighted by atomic mass is 10.1. The van der Waals surface area contributed by atoms with Crippen molar-refractivity contribution in [3.63, 3.8) is 0 Å². The highest BCUT2D eigenvalue weighted by Crippen LogP contribution is 2.34. The summed E-state index contributed by atoms with van der Waals surface area (Å²) in [6, 6.07) is 12.8. The zero-order valence-electron chi connectivity index (χ0n) is 24.4. The van der Waals surface area contributed by atoms with E-state index in [9.17, 15) is 24.3 Å². The Labute approximate surface area is 263 Å². The lowest BCUT2D eigenvalue weighted by Gasteiger charge is -2.39. The van der Waals surface area contributed by atoms with Crippen LogP contribution in [0.3, 0.4) is 0 Å². The number of hydrogen-bond acceptors (Lipinski definition) is 9. The number of urea groups is 1. The molecule has 3 aliphatic heterocycles. The number of carboxylic acid groups (broad SMARTS) is 1. The Balaban J connectivity index is 1.23. The van der Waals surface area contributed by atoms with Crippen LogP contribution in [-0.2, 0) is 9.53 Å². The molecule has 1 aromatic heterocycles. The lowest BCUT2D eigenvalue weighted by Crippen LogP contribution is -2.54. The number of piperazine rings is 1. The quantitative estimate of drug-likeness (QED) is 0.339. The third kappa shape index (κ3) is 6.97. The molecular weight excluding hydrogens is 602 g/mol. The Morgan fingerprint density at radius 1 is 0.844 bits per heavy atom. The molecule has 4 amide bonds. The summed E-state index contributed by atoms with van der Waals surface area (Å²) in [5.74, 6) is -0.893. The Hall–Kier alpha value is -4.82. The van der Waals surface area contributed by atoms with E-state index in [4.69, 9.17) is 14.2 Å². The van der Waals surface area contributed by atoms with Crippen molar-refractivity contribution in [1.82, 2.24) is 15.1 Å². The summed E-state index contributed by atoms with van der Waals surface area (Å²) in [6.07, 6.45) is -0.272. The van der Waals surface area contributed by atoms with Crippen molar-refractivity contribution in [2.45, 2.75) is 12.5 Å². The van der Waals surface area contributed by atoms with Crippen molar-refractivity contribution in [3.05, 3.63) is 69.9 Å². The van der Waals surface area contributed by atoms with Gasteiger partial charge in [0.2, 0.25) is 6.79 Å². The van der Waals surface area contributed by atoms with Crippen LogP contribution in [-0.4, -0.2) is 98.0 Å². The SMILES string of the molecule is O=C(O)CC(NC(=O)c1ccc(N2CCN(C(=O)N3CCOCC3)CC2)c(NC(=O)c2ccc3c(c2)OCO3)c1)c1cccs1. The Bertz CT molecular complexity index is 1570. The maximum Gasteiger partial charge on any atom is 0.320 e. The number of amides is 4. The highest BCUT2D eigenvalue weighted by Gasteiger charge is 2.28. The Kier molecular flexibility index (Phi) is 9.03. The summed E-state index contributed by atoms with van der Waals surface area (Å²) in [7, 11) is 0. The van der Waals surface area contributed by atoms with Crippen LogP contribution in [0, 0.1) is 0 Å². The maximum absolute atomic E-state index is 13.4. The van der Waals surface area contributed by atoms with Gasteiger partial charge in [-0.2, -0.15) is 0 Å². The van der Waals surface area contributed by atoms with E-state index in [-0.39, 0.29) is 24.8 Å². The average Bonchev–Trinajstić information content (AvgIpc) is 3.77. The number of thiophene rings is 1. The molecule has 1 unspecified atom stereocenters. The number of fused-ring (bicyclic) bond motifs is 1. The van der Waals surface area contributed by atoms with Crippen molar-refractivity contribution in [2.24, 2.45) is 0 Å². The topological polar surface area (TPSA) is 150 Å². The first-order valence-electron chi connectivity index (χ1n) is 14.6. The van der Waals surface area contributed by atoms with Gasteiger partial charge in [-0.1, -0.05) is 6.07 Å². The van der Waals surface area contributed by atoms with Gasteiger partial charge in [-0.25, -0.2) is 4.79 Å². The van der Waals surface area contributed by atoms with Gasteiger partial charge in [-0.15, -0.1) is 11.3 Å². The van der Waals surface area contributed by atoms with Crippen LogP contribution in [0.25, 0.3) is 0 Å². The van der Waals surface area contributed by atoms with Gasteiger partial charge in [-0.05, 0) is 47.8 Å². The van der Waals surface area contributed by atoms with Gasteiger partial charge >= 0.3 is 12.0 Å². The largest absolute Gasteiger partial charge is 0.481 e. The first-order valence-corrected chi connectivity index (χ1v) is 15.5. The van der Waals surface area contributed by atoms with E-state index in [0.717, 1.165) is 4.88 Å². The van der Waals surface area contributed by atoms with Crippen molar-refractivity contribution in [2.75, 3.05) is 69.5 Å². The molecule has 13 nitrogen and oxygen atoms in total. The number of morpholine rings is 1. The molecule has 3 N–H and O–H groups in total. The van der Waals surface area contributed by atoms with E-state index in [2.05, 4.69) is 15.5 Å². The molecule has 6 rings (SSSR count). The second-order valence-corrected chi connectivity index (χ2v) is 11.7. The molecule has 0 spiro atoms. The Morgan fingerprint density at radius 2 is 1.56 bits per heavy atom. The van der Waals surface area contributed by atoms with Crippen LogP contribution in [0.2, 0.25) is 0 Å². The summed E-state index contributed by atoms with van der Waals surface area (Å²) in [5, 5.41) is 17.0. The van der Waals surface area contributed by atoms with Gasteiger partial charge in [-0.3, -0.25) is 14.4 Å². The molecule has 0 saturated carbocycles. The van der Waals surface area contributed by atoms with Crippen molar-refractivity contribution < 1.29 is 38.5 Å². The summed E-state index contributed by atoms with van der Waals surface area (Å²) >= 11 is 1.36. The van der Waals surface area contributed by atoms with Gasteiger partial charge in [0, 0.05) is 55.3 Å². The third-order valence-electron chi connectivity index (χ3n) is 7.88. The zero-order chi connectivity index (χ0) is 31.3. The van der Waals surface area contributed by atoms with E-state index in [1.807, 2.05) is 10.3 Å². The number of carbonyl (C=O) groups excluding carboxylic acids is 3. The molecule has 3 aliphatic rings. The normalized spacial score (nSPS) is 16.7. The highest BCUT2D eigenvalue weighted by atomic mass is 32.1. The molecule has 1 atom stereocenters. The maximum atomic E-state index is 13.4. The van der Waals surface area contributed by atoms with Crippen LogP contribution in [0.1, 0.15) is 38.1 Å². The minimum Gasteiger partial charge on any atom is -0.481 e. The number of nitrogens with one attached hydrogen (secondary N) is 2. The van der Waals surface area contributed by atoms with E-state index in [1.54, 1.807) is 53.4 Å². The predicted molar refractivity (Wildman–Crippen MR) is 165 cm³/mol. The number of hydrogen-bond donors (Lipinski definition) is 3. The fraction of sp³-hybridized carbons (Fsp3) is 0.355. The molecule has 0 radical (unpaired) electrons. The van der Waals surface area contributed by atoms with Gasteiger partial charge in [0.15, 0.2) is 11.5 Å².